The van der Waals surface area contributed by atoms with Crippen LogP contribution in [0.2, 0.25) is 0 Å². The van der Waals surface area contributed by atoms with Crippen LogP contribution in [-0.4, -0.2) is 48.6 Å². The van der Waals surface area contributed by atoms with Crippen molar-refractivity contribution >= 4 is 11.8 Å². The van der Waals surface area contributed by atoms with E-state index >= 15 is 0 Å². The van der Waals surface area contributed by atoms with Gasteiger partial charge in [0.05, 0.1) is 0 Å². The maximum atomic E-state index is 3.73. The van der Waals surface area contributed by atoms with Gasteiger partial charge in [-0.15, -0.1) is 6.58 Å². The van der Waals surface area contributed by atoms with Gasteiger partial charge in [-0.1, -0.05) is 13.0 Å². The van der Waals surface area contributed by atoms with Gasteiger partial charge in [0.15, 0.2) is 0 Å². The molecular weight excluding hydrogens is 192 g/mol. The number of nitrogens with zero attached hydrogens (tertiary/aromatic N) is 1. The Morgan fingerprint density at radius 3 is 3.21 bits per heavy atom. The molecular formula is C11H22N2S. The molecule has 2 nitrogen and oxygen atoms in total. The molecule has 0 aromatic heterocycles. The van der Waals surface area contributed by atoms with Crippen molar-refractivity contribution < 1.29 is 0 Å². The van der Waals surface area contributed by atoms with E-state index in [1.165, 1.54) is 31.8 Å². The minimum atomic E-state index is 0.757. The van der Waals surface area contributed by atoms with Crippen molar-refractivity contribution in [2.45, 2.75) is 19.4 Å². The van der Waals surface area contributed by atoms with Crippen molar-refractivity contribution in [2.75, 3.05) is 37.7 Å². The van der Waals surface area contributed by atoms with Crippen molar-refractivity contribution in [3.05, 3.63) is 12.7 Å². The highest BCUT2D eigenvalue weighted by atomic mass is 32.2. The first-order valence-corrected chi connectivity index (χ1v) is 6.67. The van der Waals surface area contributed by atoms with Crippen LogP contribution in [0, 0.1) is 0 Å². The summed E-state index contributed by atoms with van der Waals surface area (Å²) in [5.41, 5.74) is 0. The highest BCUT2D eigenvalue weighted by Gasteiger charge is 2.19. The predicted molar refractivity (Wildman–Crippen MR) is 66.0 cm³/mol. The van der Waals surface area contributed by atoms with E-state index in [9.17, 15) is 0 Å². The topological polar surface area (TPSA) is 15.3 Å². The fourth-order valence-electron chi connectivity index (χ4n) is 1.85. The molecule has 82 valence electrons. The second-order valence-electron chi connectivity index (χ2n) is 3.67. The highest BCUT2D eigenvalue weighted by Crippen LogP contribution is 2.09. The van der Waals surface area contributed by atoms with Crippen LogP contribution in [0.5, 0.6) is 0 Å². The molecule has 1 saturated heterocycles. The maximum absolute atomic E-state index is 3.73. The summed E-state index contributed by atoms with van der Waals surface area (Å²) >= 11 is 1.98. The van der Waals surface area contributed by atoms with Gasteiger partial charge in [-0.2, -0.15) is 11.8 Å². The van der Waals surface area contributed by atoms with E-state index in [1.54, 1.807) is 0 Å². The van der Waals surface area contributed by atoms with Crippen LogP contribution in [0.4, 0.5) is 0 Å². The van der Waals surface area contributed by atoms with E-state index in [1.807, 2.05) is 17.8 Å². The van der Waals surface area contributed by atoms with Crippen molar-refractivity contribution in [2.24, 2.45) is 0 Å². The zero-order valence-corrected chi connectivity index (χ0v) is 9.98. The van der Waals surface area contributed by atoms with Crippen LogP contribution < -0.4 is 5.32 Å². The zero-order valence-electron chi connectivity index (χ0n) is 9.17. The Balaban J connectivity index is 2.16. The van der Waals surface area contributed by atoms with Crippen molar-refractivity contribution in [1.82, 2.24) is 10.2 Å². The highest BCUT2D eigenvalue weighted by molar-refractivity contribution is 7.99. The van der Waals surface area contributed by atoms with E-state index in [2.05, 4.69) is 23.7 Å². The van der Waals surface area contributed by atoms with Gasteiger partial charge in [-0.25, -0.2) is 0 Å². The van der Waals surface area contributed by atoms with E-state index in [-0.39, 0.29) is 0 Å². The summed E-state index contributed by atoms with van der Waals surface area (Å²) < 4.78 is 0. The smallest absolute Gasteiger partial charge is 0.0218 e. The molecule has 0 aliphatic carbocycles. The van der Waals surface area contributed by atoms with Gasteiger partial charge < -0.3 is 5.32 Å². The summed E-state index contributed by atoms with van der Waals surface area (Å²) in [7, 11) is 0. The third-order valence-electron chi connectivity index (χ3n) is 2.70. The number of piperazine rings is 1. The van der Waals surface area contributed by atoms with Gasteiger partial charge in [-0.3, -0.25) is 4.90 Å². The molecule has 0 radical (unpaired) electrons. The second-order valence-corrected chi connectivity index (χ2v) is 4.82. The van der Waals surface area contributed by atoms with Gasteiger partial charge >= 0.3 is 0 Å². The van der Waals surface area contributed by atoms with Crippen LogP contribution in [0.1, 0.15) is 13.3 Å². The number of nitrogens with one attached hydrogen (secondary N) is 1. The number of thioether (sulfide) groups is 1. The molecule has 1 heterocycles. The molecule has 0 bridgehead atoms. The lowest BCUT2D eigenvalue weighted by molar-refractivity contribution is 0.167. The Morgan fingerprint density at radius 1 is 1.64 bits per heavy atom. The van der Waals surface area contributed by atoms with Gasteiger partial charge in [0, 0.05) is 43.7 Å². The van der Waals surface area contributed by atoms with Gasteiger partial charge in [-0.05, 0) is 6.42 Å². The summed E-state index contributed by atoms with van der Waals surface area (Å²) in [5.74, 6) is 2.32. The van der Waals surface area contributed by atoms with Crippen molar-refractivity contribution in [3.8, 4) is 0 Å². The molecule has 1 rings (SSSR count). The van der Waals surface area contributed by atoms with E-state index in [4.69, 9.17) is 0 Å². The molecule has 0 aromatic carbocycles. The lowest BCUT2D eigenvalue weighted by atomic mass is 10.1. The lowest BCUT2D eigenvalue weighted by Crippen LogP contribution is -2.51. The van der Waals surface area contributed by atoms with Crippen molar-refractivity contribution in [1.29, 1.82) is 0 Å². The molecule has 0 saturated carbocycles. The molecule has 0 aromatic rings. The molecule has 14 heavy (non-hydrogen) atoms. The first-order valence-electron chi connectivity index (χ1n) is 5.52. The largest absolute Gasteiger partial charge is 0.314 e. The Hall–Kier alpha value is 0.01000. The lowest BCUT2D eigenvalue weighted by Gasteiger charge is -2.35. The quantitative estimate of drug-likeness (QED) is 0.534. The van der Waals surface area contributed by atoms with Crippen LogP contribution in [0.15, 0.2) is 12.7 Å². The van der Waals surface area contributed by atoms with Crippen LogP contribution in [-0.2, 0) is 0 Å². The maximum Gasteiger partial charge on any atom is 0.0218 e. The van der Waals surface area contributed by atoms with Crippen LogP contribution >= 0.6 is 11.8 Å². The molecule has 3 heteroatoms. The van der Waals surface area contributed by atoms with Crippen molar-refractivity contribution in [3.63, 3.8) is 0 Å². The molecule has 1 unspecified atom stereocenters. The summed E-state index contributed by atoms with van der Waals surface area (Å²) in [6.07, 6.45) is 3.25. The first kappa shape index (κ1) is 12.1. The molecule has 1 aliphatic heterocycles. The summed E-state index contributed by atoms with van der Waals surface area (Å²) in [6, 6.07) is 0.757. The molecule has 0 spiro atoms. The van der Waals surface area contributed by atoms with Gasteiger partial charge in [0.2, 0.25) is 0 Å². The fourth-order valence-corrected chi connectivity index (χ4v) is 2.55. The molecule has 1 aliphatic rings. The SMILES string of the molecule is C=CCSCCN1CCNCC1CC. The monoisotopic (exact) mass is 214 g/mol. The third kappa shape index (κ3) is 4.03. The number of rotatable bonds is 6. The van der Waals surface area contributed by atoms with Crippen LogP contribution in [0.25, 0.3) is 0 Å². The Morgan fingerprint density at radius 2 is 2.50 bits per heavy atom. The third-order valence-corrected chi connectivity index (χ3v) is 3.64. The Kier molecular flexibility index (Phi) is 6.32. The van der Waals surface area contributed by atoms with Gasteiger partial charge in [0.25, 0.3) is 0 Å². The van der Waals surface area contributed by atoms with E-state index in [0.717, 1.165) is 18.3 Å². The second kappa shape index (κ2) is 7.32. The minimum Gasteiger partial charge on any atom is -0.314 e. The number of hydrogen-bond acceptors (Lipinski definition) is 3. The molecule has 1 fully saturated rings. The minimum absolute atomic E-state index is 0.757. The fraction of sp³-hybridized carbons (Fsp3) is 0.818. The average Bonchev–Trinajstić information content (AvgIpc) is 2.25. The molecule has 1 atom stereocenters. The standard InChI is InChI=1S/C11H22N2S/c1-3-8-14-9-7-13-6-5-12-10-11(13)4-2/h3,11-12H,1,4-10H2,2H3. The van der Waals surface area contributed by atoms with Gasteiger partial charge in [0.1, 0.15) is 0 Å². The van der Waals surface area contributed by atoms with E-state index < -0.39 is 0 Å². The summed E-state index contributed by atoms with van der Waals surface area (Å²) in [5, 5.41) is 3.45. The van der Waals surface area contributed by atoms with Crippen LogP contribution in [0.3, 0.4) is 0 Å². The summed E-state index contributed by atoms with van der Waals surface area (Å²) in [4.78, 5) is 2.62. The average molecular weight is 214 g/mol. The normalized spacial score (nSPS) is 23.6. The summed E-state index contributed by atoms with van der Waals surface area (Å²) in [6.45, 7) is 10.8. The van der Waals surface area contributed by atoms with E-state index in [0.29, 0.717) is 0 Å². The number of hydrogen-bond donors (Lipinski definition) is 1. The Bertz CT molecular complexity index is 161. The first-order chi connectivity index (χ1) is 6.88. The Labute approximate surface area is 92.1 Å². The predicted octanol–water partition coefficient (Wildman–Crippen LogP) is 1.59. The molecule has 0 amide bonds. The molecule has 1 N–H and O–H groups in total. The zero-order chi connectivity index (χ0) is 10.2.